The van der Waals surface area contributed by atoms with Gasteiger partial charge in [-0.05, 0) is 48.9 Å². The van der Waals surface area contributed by atoms with Crippen LogP contribution in [0.2, 0.25) is 5.02 Å². The van der Waals surface area contributed by atoms with Gasteiger partial charge in [0.1, 0.15) is 0 Å². The SMILES string of the molecule is COc1ccc(C(=O)COC(=O)CCCNC(=O)c2ccc(Cl)cc2)cc1OC. The number of benzene rings is 2. The molecule has 2 aromatic carbocycles. The van der Waals surface area contributed by atoms with E-state index in [0.29, 0.717) is 40.6 Å². The molecule has 0 fully saturated rings. The lowest BCUT2D eigenvalue weighted by Gasteiger charge is -2.09. The quantitative estimate of drug-likeness (QED) is 0.361. The van der Waals surface area contributed by atoms with Gasteiger partial charge in [0.05, 0.1) is 14.2 Å². The standard InChI is InChI=1S/C21H22ClNO6/c1-27-18-10-7-15(12-19(18)28-2)17(24)13-29-20(25)4-3-11-23-21(26)14-5-8-16(22)9-6-14/h5-10,12H,3-4,11,13H2,1-2H3,(H,23,26). The van der Waals surface area contributed by atoms with E-state index >= 15 is 0 Å². The predicted octanol–water partition coefficient (Wildman–Crippen LogP) is 3.29. The van der Waals surface area contributed by atoms with Crippen LogP contribution >= 0.6 is 11.6 Å². The predicted molar refractivity (Wildman–Crippen MR) is 108 cm³/mol. The molecule has 154 valence electrons. The second-order valence-corrected chi connectivity index (χ2v) is 6.46. The molecule has 0 aromatic heterocycles. The largest absolute Gasteiger partial charge is 0.493 e. The first-order chi connectivity index (χ1) is 13.9. The van der Waals surface area contributed by atoms with Crippen molar-refractivity contribution in [3.05, 3.63) is 58.6 Å². The van der Waals surface area contributed by atoms with Crippen molar-refractivity contribution < 1.29 is 28.6 Å². The number of hydrogen-bond donors (Lipinski definition) is 1. The Balaban J connectivity index is 1.71. The van der Waals surface area contributed by atoms with Gasteiger partial charge in [-0.3, -0.25) is 14.4 Å². The van der Waals surface area contributed by atoms with Gasteiger partial charge in [0.25, 0.3) is 5.91 Å². The molecule has 0 bridgehead atoms. The van der Waals surface area contributed by atoms with Crippen LogP contribution in [-0.4, -0.2) is 45.0 Å². The Kier molecular flexibility index (Phi) is 8.48. The van der Waals surface area contributed by atoms with Crippen LogP contribution in [0, 0.1) is 0 Å². The van der Waals surface area contributed by atoms with Crippen molar-refractivity contribution in [1.29, 1.82) is 0 Å². The molecule has 29 heavy (non-hydrogen) atoms. The van der Waals surface area contributed by atoms with Gasteiger partial charge in [0.15, 0.2) is 23.9 Å². The molecule has 2 aromatic rings. The summed E-state index contributed by atoms with van der Waals surface area (Å²) in [5.74, 6) is -0.198. The first kappa shape index (κ1) is 22.2. The fourth-order valence-corrected chi connectivity index (χ4v) is 2.58. The number of carbonyl (C=O) groups is 3. The Morgan fingerprint density at radius 3 is 2.24 bits per heavy atom. The molecule has 7 nitrogen and oxygen atoms in total. The Hall–Kier alpha value is -3.06. The van der Waals surface area contributed by atoms with Crippen LogP contribution in [-0.2, 0) is 9.53 Å². The maximum atomic E-state index is 12.2. The van der Waals surface area contributed by atoms with Crippen molar-refractivity contribution in [2.75, 3.05) is 27.4 Å². The first-order valence-electron chi connectivity index (χ1n) is 8.89. The van der Waals surface area contributed by atoms with Crippen molar-refractivity contribution in [3.8, 4) is 11.5 Å². The van der Waals surface area contributed by atoms with Crippen molar-refractivity contribution in [2.45, 2.75) is 12.8 Å². The molecule has 0 saturated carbocycles. The molecular weight excluding hydrogens is 398 g/mol. The lowest BCUT2D eigenvalue weighted by Crippen LogP contribution is -2.25. The maximum absolute atomic E-state index is 12.2. The van der Waals surface area contributed by atoms with Gasteiger partial charge >= 0.3 is 5.97 Å². The number of amides is 1. The second-order valence-electron chi connectivity index (χ2n) is 6.02. The molecule has 1 N–H and O–H groups in total. The third kappa shape index (κ3) is 6.80. The average molecular weight is 420 g/mol. The summed E-state index contributed by atoms with van der Waals surface area (Å²) < 4.78 is 15.3. The highest BCUT2D eigenvalue weighted by atomic mass is 35.5. The maximum Gasteiger partial charge on any atom is 0.306 e. The summed E-state index contributed by atoms with van der Waals surface area (Å²) in [5.41, 5.74) is 0.836. The van der Waals surface area contributed by atoms with E-state index in [2.05, 4.69) is 5.32 Å². The number of ether oxygens (including phenoxy) is 3. The van der Waals surface area contributed by atoms with Gasteiger partial charge < -0.3 is 19.5 Å². The van der Waals surface area contributed by atoms with Crippen molar-refractivity contribution >= 4 is 29.3 Å². The zero-order valence-electron chi connectivity index (χ0n) is 16.2. The van der Waals surface area contributed by atoms with Gasteiger partial charge in [-0.1, -0.05) is 11.6 Å². The second kappa shape index (κ2) is 11.1. The highest BCUT2D eigenvalue weighted by Crippen LogP contribution is 2.27. The summed E-state index contributed by atoms with van der Waals surface area (Å²) in [6.07, 6.45) is 0.475. The van der Waals surface area contributed by atoms with E-state index in [1.165, 1.54) is 20.3 Å². The summed E-state index contributed by atoms with van der Waals surface area (Å²) in [6, 6.07) is 11.2. The van der Waals surface area contributed by atoms with E-state index in [0.717, 1.165) is 0 Å². The van der Waals surface area contributed by atoms with Gasteiger partial charge in [0.2, 0.25) is 0 Å². The van der Waals surface area contributed by atoms with Crippen LogP contribution in [0.5, 0.6) is 11.5 Å². The van der Waals surface area contributed by atoms with E-state index in [-0.39, 0.29) is 24.7 Å². The lowest BCUT2D eigenvalue weighted by atomic mass is 10.1. The molecule has 0 aliphatic carbocycles. The summed E-state index contributed by atoms with van der Waals surface area (Å²) >= 11 is 5.78. The van der Waals surface area contributed by atoms with Crippen molar-refractivity contribution in [3.63, 3.8) is 0 Å². The average Bonchev–Trinajstić information content (AvgIpc) is 2.74. The minimum absolute atomic E-state index is 0.0834. The van der Waals surface area contributed by atoms with Crippen LogP contribution in [0.25, 0.3) is 0 Å². The molecule has 0 heterocycles. The lowest BCUT2D eigenvalue weighted by molar-refractivity contribution is -0.142. The van der Waals surface area contributed by atoms with Crippen molar-refractivity contribution in [2.24, 2.45) is 0 Å². The Bertz CT molecular complexity index is 866. The zero-order chi connectivity index (χ0) is 21.2. The van der Waals surface area contributed by atoms with Gasteiger partial charge in [-0.15, -0.1) is 0 Å². The van der Waals surface area contributed by atoms with E-state index in [1.54, 1.807) is 36.4 Å². The van der Waals surface area contributed by atoms with Crippen LogP contribution in [0.1, 0.15) is 33.6 Å². The smallest absolute Gasteiger partial charge is 0.306 e. The van der Waals surface area contributed by atoms with Gasteiger partial charge in [-0.2, -0.15) is 0 Å². The van der Waals surface area contributed by atoms with Crippen molar-refractivity contribution in [1.82, 2.24) is 5.32 Å². The normalized spacial score (nSPS) is 10.2. The number of Topliss-reactive ketones (excluding diaryl/α,β-unsaturated/α-hetero) is 1. The number of esters is 1. The van der Waals surface area contributed by atoms with Crippen LogP contribution < -0.4 is 14.8 Å². The van der Waals surface area contributed by atoms with E-state index in [4.69, 9.17) is 25.8 Å². The molecule has 8 heteroatoms. The molecule has 0 aliphatic rings. The van der Waals surface area contributed by atoms with Gasteiger partial charge in [0, 0.05) is 29.1 Å². The highest BCUT2D eigenvalue weighted by molar-refractivity contribution is 6.30. The van der Waals surface area contributed by atoms with E-state index in [9.17, 15) is 14.4 Å². The molecule has 0 atom stereocenters. The molecule has 0 radical (unpaired) electrons. The fraction of sp³-hybridized carbons (Fsp3) is 0.286. The third-order valence-electron chi connectivity index (χ3n) is 4.02. The molecule has 0 unspecified atom stereocenters. The third-order valence-corrected chi connectivity index (χ3v) is 4.27. The minimum atomic E-state index is -0.514. The molecule has 2 rings (SSSR count). The Morgan fingerprint density at radius 2 is 1.59 bits per heavy atom. The number of carbonyl (C=O) groups excluding carboxylic acids is 3. The molecular formula is C21H22ClNO6. The first-order valence-corrected chi connectivity index (χ1v) is 9.27. The summed E-state index contributed by atoms with van der Waals surface area (Å²) in [7, 11) is 2.97. The molecule has 0 saturated heterocycles. The number of rotatable bonds is 10. The van der Waals surface area contributed by atoms with Crippen LogP contribution in [0.4, 0.5) is 0 Å². The number of ketones is 1. The summed E-state index contributed by atoms with van der Waals surface area (Å²) in [5, 5.41) is 3.25. The number of halogens is 1. The molecule has 1 amide bonds. The van der Waals surface area contributed by atoms with Crippen LogP contribution in [0.15, 0.2) is 42.5 Å². The van der Waals surface area contributed by atoms with Gasteiger partial charge in [-0.25, -0.2) is 0 Å². The number of methoxy groups -OCH3 is 2. The summed E-state index contributed by atoms with van der Waals surface area (Å²) in [6.45, 7) is -0.0639. The Labute approximate surface area is 173 Å². The van der Waals surface area contributed by atoms with E-state index in [1.807, 2.05) is 0 Å². The molecule has 0 aliphatic heterocycles. The topological polar surface area (TPSA) is 90.9 Å². The summed E-state index contributed by atoms with van der Waals surface area (Å²) in [4.78, 5) is 35.9. The fourth-order valence-electron chi connectivity index (χ4n) is 2.45. The van der Waals surface area contributed by atoms with Crippen LogP contribution in [0.3, 0.4) is 0 Å². The zero-order valence-corrected chi connectivity index (χ0v) is 17.0. The Morgan fingerprint density at radius 1 is 0.931 bits per heavy atom. The number of hydrogen-bond acceptors (Lipinski definition) is 6. The highest BCUT2D eigenvalue weighted by Gasteiger charge is 2.13. The monoisotopic (exact) mass is 419 g/mol. The number of nitrogens with one attached hydrogen (secondary N) is 1. The molecule has 0 spiro atoms. The van der Waals surface area contributed by atoms with E-state index < -0.39 is 5.97 Å². The minimum Gasteiger partial charge on any atom is -0.493 e.